The fourth-order valence-electron chi connectivity index (χ4n) is 2.71. The minimum Gasteiger partial charge on any atom is -0.493 e. The number of halogens is 1. The lowest BCUT2D eigenvalue weighted by Gasteiger charge is -2.16. The average Bonchev–Trinajstić information content (AvgIpc) is 2.59. The third kappa shape index (κ3) is 5.75. The van der Waals surface area contributed by atoms with E-state index in [0.717, 1.165) is 38.5 Å². The third-order valence-electron chi connectivity index (χ3n) is 3.94. The Balaban J connectivity index is 1.94. The topological polar surface area (TPSA) is 52.0 Å². The van der Waals surface area contributed by atoms with Crippen LogP contribution in [0.5, 0.6) is 11.5 Å². The van der Waals surface area contributed by atoms with Gasteiger partial charge in [-0.15, -0.1) is 0 Å². The molecule has 26 heavy (non-hydrogen) atoms. The number of rotatable bonds is 8. The van der Waals surface area contributed by atoms with Crippen molar-refractivity contribution in [1.82, 2.24) is 0 Å². The lowest BCUT2D eigenvalue weighted by Crippen LogP contribution is -3.08. The molecule has 0 aliphatic heterocycles. The molecule has 0 saturated heterocycles. The van der Waals surface area contributed by atoms with Crippen LogP contribution in [0.1, 0.15) is 18.1 Å². The van der Waals surface area contributed by atoms with Gasteiger partial charge in [0.15, 0.2) is 18.0 Å². The molecule has 1 amide bonds. The summed E-state index contributed by atoms with van der Waals surface area (Å²) in [5, 5.41) is 2.95. The molecule has 0 aromatic heterocycles. The number of ether oxygens (including phenoxy) is 2. The van der Waals surface area contributed by atoms with Crippen LogP contribution in [0.3, 0.4) is 0 Å². The molecule has 2 rings (SSSR count). The van der Waals surface area contributed by atoms with Crippen molar-refractivity contribution >= 4 is 27.5 Å². The van der Waals surface area contributed by atoms with Crippen molar-refractivity contribution in [3.05, 3.63) is 52.0 Å². The summed E-state index contributed by atoms with van der Waals surface area (Å²) in [6, 6.07) is 11.7. The molecule has 140 valence electrons. The Bertz CT molecular complexity index is 765. The number of hydrogen-bond donors (Lipinski definition) is 2. The maximum atomic E-state index is 12.3. The number of hydrogen-bond acceptors (Lipinski definition) is 3. The summed E-state index contributed by atoms with van der Waals surface area (Å²) < 4.78 is 12.0. The first-order valence-corrected chi connectivity index (χ1v) is 9.39. The molecule has 0 bridgehead atoms. The van der Waals surface area contributed by atoms with Gasteiger partial charge in [0.2, 0.25) is 0 Å². The number of likely N-dealkylation sites (N-methyl/N-ethyl adjacent to an activating group) is 1. The zero-order valence-corrected chi connectivity index (χ0v) is 17.3. The van der Waals surface area contributed by atoms with Crippen molar-refractivity contribution in [2.45, 2.75) is 20.4 Å². The molecule has 0 heterocycles. The largest absolute Gasteiger partial charge is 0.493 e. The van der Waals surface area contributed by atoms with Crippen molar-refractivity contribution in [3.63, 3.8) is 0 Å². The highest BCUT2D eigenvalue weighted by atomic mass is 79.9. The predicted octanol–water partition coefficient (Wildman–Crippen LogP) is 2.82. The predicted molar refractivity (Wildman–Crippen MR) is 107 cm³/mol. The second-order valence-corrected chi connectivity index (χ2v) is 7.10. The van der Waals surface area contributed by atoms with Gasteiger partial charge in [0.25, 0.3) is 5.91 Å². The number of quaternary nitrogens is 1. The summed E-state index contributed by atoms with van der Waals surface area (Å²) in [7, 11) is 3.63. The smallest absolute Gasteiger partial charge is 0.279 e. The second kappa shape index (κ2) is 9.59. The Hall–Kier alpha value is -2.05. The Morgan fingerprint density at radius 1 is 1.19 bits per heavy atom. The van der Waals surface area contributed by atoms with Gasteiger partial charge in [-0.2, -0.15) is 0 Å². The molecule has 0 aliphatic carbocycles. The first-order chi connectivity index (χ1) is 12.4. The van der Waals surface area contributed by atoms with Gasteiger partial charge in [-0.05, 0) is 55.8 Å². The molecule has 1 atom stereocenters. The molecule has 0 aliphatic rings. The van der Waals surface area contributed by atoms with Crippen LogP contribution in [0, 0.1) is 6.92 Å². The minimum absolute atomic E-state index is 0.0119. The van der Waals surface area contributed by atoms with Crippen LogP contribution < -0.4 is 19.7 Å². The van der Waals surface area contributed by atoms with Crippen molar-refractivity contribution < 1.29 is 19.2 Å². The Morgan fingerprint density at radius 2 is 1.96 bits per heavy atom. The highest BCUT2D eigenvalue weighted by Gasteiger charge is 2.13. The fraction of sp³-hybridized carbons (Fsp3) is 0.350. The summed E-state index contributed by atoms with van der Waals surface area (Å²) in [6.45, 7) is 5.63. The molecule has 0 saturated carbocycles. The molecule has 2 aromatic carbocycles. The second-order valence-electron chi connectivity index (χ2n) is 6.24. The van der Waals surface area contributed by atoms with Crippen molar-refractivity contribution in [1.29, 1.82) is 0 Å². The van der Waals surface area contributed by atoms with Crippen LogP contribution in [0.25, 0.3) is 0 Å². The van der Waals surface area contributed by atoms with Gasteiger partial charge >= 0.3 is 0 Å². The Labute approximate surface area is 163 Å². The first kappa shape index (κ1) is 20.3. The Kier molecular flexibility index (Phi) is 7.48. The standard InChI is InChI=1S/C20H25BrN2O3/c1-5-26-18-9-6-15(11-19(18)25-4)12-23(3)13-20(24)22-16-7-8-17(21)14(2)10-16/h6-11H,5,12-13H2,1-4H3,(H,22,24)/p+1. The number of benzene rings is 2. The van der Waals surface area contributed by atoms with Crippen molar-refractivity contribution in [2.24, 2.45) is 0 Å². The van der Waals surface area contributed by atoms with E-state index in [-0.39, 0.29) is 5.91 Å². The number of anilines is 1. The van der Waals surface area contributed by atoms with Crippen LogP contribution >= 0.6 is 15.9 Å². The van der Waals surface area contributed by atoms with E-state index in [4.69, 9.17) is 9.47 Å². The first-order valence-electron chi connectivity index (χ1n) is 8.60. The highest BCUT2D eigenvalue weighted by Crippen LogP contribution is 2.27. The van der Waals surface area contributed by atoms with Gasteiger partial charge in [-0.25, -0.2) is 0 Å². The van der Waals surface area contributed by atoms with Crippen molar-refractivity contribution in [3.8, 4) is 11.5 Å². The van der Waals surface area contributed by atoms with Crippen LogP contribution in [0.4, 0.5) is 5.69 Å². The lowest BCUT2D eigenvalue weighted by molar-refractivity contribution is -0.885. The summed E-state index contributed by atoms with van der Waals surface area (Å²) in [6.07, 6.45) is 0. The number of carbonyl (C=O) groups is 1. The maximum Gasteiger partial charge on any atom is 0.279 e. The molecule has 0 spiro atoms. The van der Waals surface area contributed by atoms with Crippen LogP contribution in [-0.2, 0) is 11.3 Å². The van der Waals surface area contributed by atoms with E-state index in [1.165, 1.54) is 0 Å². The number of carbonyl (C=O) groups excluding carboxylic acids is 1. The van der Waals surface area contributed by atoms with Crippen LogP contribution in [0.2, 0.25) is 0 Å². The fourth-order valence-corrected chi connectivity index (χ4v) is 2.96. The van der Waals surface area contributed by atoms with E-state index < -0.39 is 0 Å². The normalized spacial score (nSPS) is 11.7. The maximum absolute atomic E-state index is 12.3. The van der Waals surface area contributed by atoms with Gasteiger partial charge in [-0.3, -0.25) is 4.79 Å². The molecular formula is C20H26BrN2O3+. The zero-order chi connectivity index (χ0) is 19.1. The lowest BCUT2D eigenvalue weighted by atomic mass is 10.2. The summed E-state index contributed by atoms with van der Waals surface area (Å²) in [4.78, 5) is 13.4. The number of aryl methyl sites for hydroxylation is 1. The summed E-state index contributed by atoms with van der Waals surface area (Å²) >= 11 is 3.46. The van der Waals surface area contributed by atoms with Gasteiger partial charge in [0.05, 0.1) is 20.8 Å². The number of nitrogens with one attached hydrogen (secondary N) is 2. The van der Waals surface area contributed by atoms with E-state index in [1.54, 1.807) is 7.11 Å². The zero-order valence-electron chi connectivity index (χ0n) is 15.7. The molecule has 1 unspecified atom stereocenters. The number of amides is 1. The molecule has 2 aromatic rings. The monoisotopic (exact) mass is 421 g/mol. The third-order valence-corrected chi connectivity index (χ3v) is 4.83. The Morgan fingerprint density at radius 3 is 2.62 bits per heavy atom. The van der Waals surface area contributed by atoms with E-state index in [9.17, 15) is 4.79 Å². The molecule has 6 heteroatoms. The van der Waals surface area contributed by atoms with Crippen molar-refractivity contribution in [2.75, 3.05) is 32.6 Å². The molecule has 0 radical (unpaired) electrons. The summed E-state index contributed by atoms with van der Waals surface area (Å²) in [5.41, 5.74) is 2.99. The molecular weight excluding hydrogens is 396 g/mol. The minimum atomic E-state index is -0.0119. The SMILES string of the molecule is CCOc1ccc(C[NH+](C)CC(=O)Nc2ccc(Br)c(C)c2)cc1OC. The van der Waals surface area contributed by atoms with E-state index in [2.05, 4.69) is 21.2 Å². The highest BCUT2D eigenvalue weighted by molar-refractivity contribution is 9.10. The molecule has 2 N–H and O–H groups in total. The quantitative estimate of drug-likeness (QED) is 0.688. The average molecular weight is 422 g/mol. The van der Waals surface area contributed by atoms with E-state index >= 15 is 0 Å². The van der Waals surface area contributed by atoms with Crippen LogP contribution in [-0.4, -0.2) is 33.2 Å². The molecule has 5 nitrogen and oxygen atoms in total. The van der Waals surface area contributed by atoms with Gasteiger partial charge in [0.1, 0.15) is 6.54 Å². The van der Waals surface area contributed by atoms with Crippen LogP contribution in [0.15, 0.2) is 40.9 Å². The van der Waals surface area contributed by atoms with Gasteiger partial charge in [-0.1, -0.05) is 15.9 Å². The molecule has 0 fully saturated rings. The van der Waals surface area contributed by atoms with E-state index in [1.807, 2.05) is 57.3 Å². The number of methoxy groups -OCH3 is 1. The van der Waals surface area contributed by atoms with E-state index in [0.29, 0.717) is 18.9 Å². The summed E-state index contributed by atoms with van der Waals surface area (Å²) in [5.74, 6) is 1.44. The van der Waals surface area contributed by atoms with Gasteiger partial charge < -0.3 is 19.7 Å². The van der Waals surface area contributed by atoms with Gasteiger partial charge in [0, 0.05) is 15.7 Å².